The van der Waals surface area contributed by atoms with Crippen molar-refractivity contribution in [2.45, 2.75) is 109 Å². The van der Waals surface area contributed by atoms with Crippen LogP contribution in [0.4, 0.5) is 0 Å². The Balaban J connectivity index is 1.60. The number of benzene rings is 3. The first-order chi connectivity index (χ1) is 28.8. The molecule has 3 aliphatic carbocycles. The topological polar surface area (TPSA) is 187 Å². The largest absolute Gasteiger partial charge is 0.462 e. The Morgan fingerprint density at radius 2 is 1.11 bits per heavy atom. The minimum atomic E-state index is -2.27. The predicted molar refractivity (Wildman–Crippen MR) is 215 cm³/mol. The number of hydrogen-bond acceptors (Lipinski definition) is 14. The van der Waals surface area contributed by atoms with Gasteiger partial charge in [-0.1, -0.05) is 75.4 Å². The van der Waals surface area contributed by atoms with Gasteiger partial charge in [0.25, 0.3) is 0 Å². The van der Waals surface area contributed by atoms with E-state index in [0.29, 0.717) is 5.57 Å². The van der Waals surface area contributed by atoms with Gasteiger partial charge in [0.2, 0.25) is 0 Å². The highest BCUT2D eigenvalue weighted by Gasteiger charge is 2.79. The van der Waals surface area contributed by atoms with Gasteiger partial charge in [0.05, 0.1) is 34.6 Å². The molecule has 3 aromatic carbocycles. The second kappa shape index (κ2) is 16.2. The Kier molecular flexibility index (Phi) is 11.5. The van der Waals surface area contributed by atoms with Crippen molar-refractivity contribution < 1.29 is 67.0 Å². The highest BCUT2D eigenvalue weighted by molar-refractivity contribution is 5.91. The highest BCUT2D eigenvalue weighted by Crippen LogP contribution is 2.66. The number of carbonyl (C=O) groups excluding carboxylic acids is 6. The molecule has 2 saturated carbocycles. The van der Waals surface area contributed by atoms with Crippen molar-refractivity contribution in [1.82, 2.24) is 0 Å². The van der Waals surface area contributed by atoms with Crippen LogP contribution >= 0.6 is 0 Å². The van der Waals surface area contributed by atoms with Crippen LogP contribution in [0.1, 0.15) is 92.4 Å². The van der Waals surface area contributed by atoms with Crippen molar-refractivity contribution in [2.75, 3.05) is 6.61 Å². The van der Waals surface area contributed by atoms with E-state index in [2.05, 4.69) is 0 Å². The number of aliphatic hydroxyl groups is 1. The number of ether oxygens (including phenoxy) is 7. The summed E-state index contributed by atoms with van der Waals surface area (Å²) in [6, 6.07) is 24.2. The second-order valence-electron chi connectivity index (χ2n) is 17.0. The lowest BCUT2D eigenvalue weighted by molar-refractivity contribution is -0.364. The van der Waals surface area contributed by atoms with Gasteiger partial charge in [-0.05, 0) is 54.5 Å². The van der Waals surface area contributed by atoms with E-state index >= 15 is 0 Å². The summed E-state index contributed by atoms with van der Waals surface area (Å²) < 4.78 is 44.4. The molecule has 0 spiro atoms. The molecule has 14 heteroatoms. The average molecular weight is 839 g/mol. The lowest BCUT2D eigenvalue weighted by Crippen LogP contribution is -2.83. The van der Waals surface area contributed by atoms with Crippen LogP contribution in [-0.2, 0) is 47.5 Å². The summed E-state index contributed by atoms with van der Waals surface area (Å²) in [6.45, 7) is 9.95. The van der Waals surface area contributed by atoms with Crippen molar-refractivity contribution in [1.29, 1.82) is 0 Å². The molecule has 4 aliphatic rings. The van der Waals surface area contributed by atoms with Crippen molar-refractivity contribution in [3.8, 4) is 0 Å². The van der Waals surface area contributed by atoms with E-state index in [4.69, 9.17) is 33.2 Å². The van der Waals surface area contributed by atoms with Crippen LogP contribution in [0.25, 0.3) is 0 Å². The molecule has 14 nitrogen and oxygen atoms in total. The van der Waals surface area contributed by atoms with Crippen LogP contribution in [-0.4, -0.2) is 95.4 Å². The first-order valence-electron chi connectivity index (χ1n) is 20.2. The van der Waals surface area contributed by atoms with Crippen LogP contribution < -0.4 is 0 Å². The first-order valence-corrected chi connectivity index (χ1v) is 20.2. The van der Waals surface area contributed by atoms with Crippen LogP contribution in [0.3, 0.4) is 0 Å². The van der Waals surface area contributed by atoms with Gasteiger partial charge in [0.1, 0.15) is 30.0 Å². The Hall–Kier alpha value is -5.86. The zero-order valence-electron chi connectivity index (χ0n) is 35.1. The Labute approximate surface area is 353 Å². The fraction of sp³-hybridized carbons (Fsp3) is 0.447. The monoisotopic (exact) mass is 838 g/mol. The molecule has 7 rings (SSSR count). The Morgan fingerprint density at radius 1 is 0.639 bits per heavy atom. The van der Waals surface area contributed by atoms with Crippen molar-refractivity contribution >= 4 is 35.8 Å². The van der Waals surface area contributed by atoms with Crippen LogP contribution in [0.2, 0.25) is 0 Å². The van der Waals surface area contributed by atoms with Gasteiger partial charge in [0.15, 0.2) is 17.8 Å². The molecule has 1 heterocycles. The smallest absolute Gasteiger partial charge is 0.338 e. The molecule has 3 fully saturated rings. The van der Waals surface area contributed by atoms with Crippen LogP contribution in [0.15, 0.2) is 102 Å². The van der Waals surface area contributed by atoms with E-state index in [9.17, 15) is 33.9 Å². The average Bonchev–Trinajstić information content (AvgIpc) is 3.21. The van der Waals surface area contributed by atoms with E-state index in [1.807, 2.05) is 0 Å². The van der Waals surface area contributed by atoms with E-state index in [1.165, 1.54) is 45.0 Å². The van der Waals surface area contributed by atoms with Gasteiger partial charge >= 0.3 is 35.8 Å². The molecule has 10 atom stereocenters. The number of carbonyl (C=O) groups is 6. The van der Waals surface area contributed by atoms with Gasteiger partial charge in [-0.2, -0.15) is 0 Å². The standard InChI is InChI=1S/C47H50O14/c1-26-33(56-27(2)48)24-47(54)40(60-43(53)32-21-15-10-16-22-32)38-45(7,34(57-28(3)49)23-35-46(38,25-55-35)61-29(4)50)39(59-42(52)31-19-13-9-14-20-31)37(36(26)44(47,5)6)58-41(51)30-17-11-8-12-18-30/h8-22,33-35,37-40,54H,23-25H2,1-7H3. The minimum absolute atomic E-state index is 0.115. The van der Waals surface area contributed by atoms with Crippen molar-refractivity contribution in [2.24, 2.45) is 16.7 Å². The predicted octanol–water partition coefficient (Wildman–Crippen LogP) is 5.74. The van der Waals surface area contributed by atoms with E-state index in [-0.39, 0.29) is 41.7 Å². The summed E-state index contributed by atoms with van der Waals surface area (Å²) in [7, 11) is 0. The Bertz CT molecular complexity index is 2240. The number of hydrogen-bond donors (Lipinski definition) is 1. The maximum absolute atomic E-state index is 14.6. The molecule has 1 N–H and O–H groups in total. The number of esters is 6. The molecule has 3 aromatic rings. The summed E-state index contributed by atoms with van der Waals surface area (Å²) >= 11 is 0. The third-order valence-electron chi connectivity index (χ3n) is 13.2. The lowest BCUT2D eigenvalue weighted by atomic mass is 9.44. The maximum Gasteiger partial charge on any atom is 0.338 e. The number of rotatable bonds is 9. The lowest BCUT2D eigenvalue weighted by Gasteiger charge is -2.69. The minimum Gasteiger partial charge on any atom is -0.462 e. The fourth-order valence-corrected chi connectivity index (χ4v) is 10.3. The van der Waals surface area contributed by atoms with Gasteiger partial charge in [-0.15, -0.1) is 0 Å². The summed E-state index contributed by atoms with van der Waals surface area (Å²) in [4.78, 5) is 83.0. The quantitative estimate of drug-likeness (QED) is 0.156. The number of fused-ring (bicyclic) bond motifs is 5. The summed E-state index contributed by atoms with van der Waals surface area (Å²) in [5, 5.41) is 13.9. The van der Waals surface area contributed by atoms with Gasteiger partial charge in [0, 0.05) is 39.0 Å². The molecule has 0 amide bonds. The fourth-order valence-electron chi connectivity index (χ4n) is 10.3. The molecule has 322 valence electrons. The van der Waals surface area contributed by atoms with E-state index in [0.717, 1.165) is 0 Å². The van der Waals surface area contributed by atoms with Gasteiger partial charge in [-0.25, -0.2) is 14.4 Å². The highest BCUT2D eigenvalue weighted by atomic mass is 16.6. The van der Waals surface area contributed by atoms with Crippen LogP contribution in [0.5, 0.6) is 0 Å². The normalized spacial score (nSPS) is 32.2. The summed E-state index contributed by atoms with van der Waals surface area (Å²) in [6.07, 6.45) is -8.98. The van der Waals surface area contributed by atoms with Crippen molar-refractivity contribution in [3.05, 3.63) is 119 Å². The van der Waals surface area contributed by atoms with E-state index in [1.54, 1.807) is 94.4 Å². The van der Waals surface area contributed by atoms with Crippen molar-refractivity contribution in [3.63, 3.8) is 0 Å². The molecular weight excluding hydrogens is 789 g/mol. The molecule has 0 radical (unpaired) electrons. The third-order valence-corrected chi connectivity index (χ3v) is 13.2. The zero-order valence-corrected chi connectivity index (χ0v) is 35.1. The Morgan fingerprint density at radius 3 is 1.56 bits per heavy atom. The van der Waals surface area contributed by atoms with Gasteiger partial charge < -0.3 is 38.3 Å². The van der Waals surface area contributed by atoms with Gasteiger partial charge in [-0.3, -0.25) is 14.4 Å². The molecule has 1 aliphatic heterocycles. The first kappa shape index (κ1) is 43.2. The maximum atomic E-state index is 14.6. The molecule has 0 aromatic heterocycles. The zero-order chi connectivity index (χ0) is 44.1. The molecule has 2 bridgehead atoms. The molecule has 10 unspecified atom stereocenters. The van der Waals surface area contributed by atoms with E-state index < -0.39 is 100 Å². The summed E-state index contributed by atoms with van der Waals surface area (Å²) in [5.74, 6) is -6.21. The summed E-state index contributed by atoms with van der Waals surface area (Å²) in [5.41, 5.74) is -6.53. The molecular formula is C47H50O14. The van der Waals surface area contributed by atoms with Crippen LogP contribution in [0, 0.1) is 16.7 Å². The SMILES string of the molecule is CC(=O)OC1CC2(O)C(OC(=O)c3ccccc3)C3C4(OC(C)=O)COC4CC(OC(C)=O)C3(C)C(OC(=O)c3ccccc3)C(OC(=O)c3ccccc3)C(=C1C)C2(C)C. The third kappa shape index (κ3) is 7.39. The molecule has 1 saturated heterocycles. The second-order valence-corrected chi connectivity index (χ2v) is 17.0. The molecule has 61 heavy (non-hydrogen) atoms.